The largest absolute Gasteiger partial charge is 0.423 e. The number of unbranched alkanes of at least 4 members (excludes halogenated alkanes) is 5. The van der Waals surface area contributed by atoms with Gasteiger partial charge in [0.05, 0.1) is 5.56 Å². The second kappa shape index (κ2) is 15.6. The molecule has 0 spiro atoms. The molecule has 2 heteroatoms. The fourth-order valence-electron chi connectivity index (χ4n) is 4.23. The molecule has 0 saturated heterocycles. The minimum absolute atomic E-state index is 0.321. The number of carbonyl (C=O) groups excluding carboxylic acids is 1. The van der Waals surface area contributed by atoms with Crippen molar-refractivity contribution in [2.24, 2.45) is 0 Å². The van der Waals surface area contributed by atoms with Crippen molar-refractivity contribution >= 4 is 5.97 Å². The fraction of sp³-hybridized carbons (Fsp3) is 0.324. The number of ether oxygens (including phenoxy) is 1. The summed E-state index contributed by atoms with van der Waals surface area (Å²) in [6.07, 6.45) is 18.1. The summed E-state index contributed by atoms with van der Waals surface area (Å²) in [5.74, 6) is 0.237. The summed E-state index contributed by atoms with van der Waals surface area (Å²) in [7, 11) is 0. The lowest BCUT2D eigenvalue weighted by Crippen LogP contribution is -2.08. The third-order valence-corrected chi connectivity index (χ3v) is 6.40. The van der Waals surface area contributed by atoms with Crippen molar-refractivity contribution in [3.8, 4) is 16.9 Å². The van der Waals surface area contributed by atoms with E-state index in [1.165, 1.54) is 43.2 Å². The van der Waals surface area contributed by atoms with Gasteiger partial charge in [0.1, 0.15) is 5.75 Å². The van der Waals surface area contributed by atoms with Gasteiger partial charge >= 0.3 is 5.97 Å². The van der Waals surface area contributed by atoms with Gasteiger partial charge in [-0.1, -0.05) is 86.5 Å². The Hall–Kier alpha value is -3.39. The van der Waals surface area contributed by atoms with Crippen LogP contribution < -0.4 is 4.74 Å². The molecule has 188 valence electrons. The Morgan fingerprint density at radius 3 is 1.92 bits per heavy atom. The Balaban J connectivity index is 1.43. The Morgan fingerprint density at radius 1 is 0.694 bits per heavy atom. The molecule has 0 radical (unpaired) electrons. The van der Waals surface area contributed by atoms with Crippen LogP contribution in [-0.4, -0.2) is 5.97 Å². The van der Waals surface area contributed by atoms with Gasteiger partial charge in [-0.15, -0.1) is 6.58 Å². The molecule has 0 fully saturated rings. The van der Waals surface area contributed by atoms with E-state index in [4.69, 9.17) is 4.74 Å². The minimum Gasteiger partial charge on any atom is -0.423 e. The molecular formula is C34H40O2. The fourth-order valence-corrected chi connectivity index (χ4v) is 4.23. The first-order valence-electron chi connectivity index (χ1n) is 13.5. The normalized spacial score (nSPS) is 11.0. The standard InChI is InChI=1S/C34H40O2/c1-3-5-7-8-9-10-11-13-15-29-18-22-32(23-19-29)34(35)36-33-26-24-31(25-27-33)30-20-16-28(17-21-30)14-12-6-4-2/h4-5,7,16-27H,2-3,6,8-15H2,1H3/b7-5+. The maximum atomic E-state index is 12.6. The third-order valence-electron chi connectivity index (χ3n) is 6.40. The zero-order valence-electron chi connectivity index (χ0n) is 21.8. The van der Waals surface area contributed by atoms with Crippen LogP contribution in [0.3, 0.4) is 0 Å². The molecule has 0 atom stereocenters. The van der Waals surface area contributed by atoms with Gasteiger partial charge < -0.3 is 4.74 Å². The first-order chi connectivity index (χ1) is 17.7. The number of carbonyl (C=O) groups is 1. The second-order valence-electron chi connectivity index (χ2n) is 9.32. The topological polar surface area (TPSA) is 26.3 Å². The highest BCUT2D eigenvalue weighted by Gasteiger charge is 2.09. The van der Waals surface area contributed by atoms with Crippen molar-refractivity contribution in [1.29, 1.82) is 0 Å². The average Bonchev–Trinajstić information content (AvgIpc) is 2.91. The van der Waals surface area contributed by atoms with Gasteiger partial charge in [-0.3, -0.25) is 0 Å². The van der Waals surface area contributed by atoms with Crippen LogP contribution in [0.5, 0.6) is 5.75 Å². The van der Waals surface area contributed by atoms with E-state index in [0.717, 1.165) is 43.2 Å². The first kappa shape index (κ1) is 27.2. The molecule has 3 aromatic rings. The van der Waals surface area contributed by atoms with E-state index in [1.54, 1.807) is 0 Å². The van der Waals surface area contributed by atoms with Crippen LogP contribution in [0, 0.1) is 0 Å². The SMILES string of the molecule is C=CCCCc1ccc(-c2ccc(OC(=O)c3ccc(CCCCCC/C=C/CC)cc3)cc2)cc1. The van der Waals surface area contributed by atoms with Crippen molar-refractivity contribution in [2.75, 3.05) is 0 Å². The van der Waals surface area contributed by atoms with E-state index in [2.05, 4.69) is 49.9 Å². The Labute approximate surface area is 217 Å². The van der Waals surface area contributed by atoms with Crippen LogP contribution in [0.25, 0.3) is 11.1 Å². The summed E-state index contributed by atoms with van der Waals surface area (Å²) in [5.41, 5.74) is 5.46. The number of esters is 1. The molecule has 0 aliphatic carbocycles. The highest BCUT2D eigenvalue weighted by Crippen LogP contribution is 2.24. The molecule has 0 amide bonds. The predicted molar refractivity (Wildman–Crippen MR) is 153 cm³/mol. The molecule has 0 bridgehead atoms. The van der Waals surface area contributed by atoms with Crippen LogP contribution in [0.2, 0.25) is 0 Å². The number of benzene rings is 3. The van der Waals surface area contributed by atoms with Crippen molar-refractivity contribution in [1.82, 2.24) is 0 Å². The Bertz CT molecular complexity index is 1070. The molecule has 36 heavy (non-hydrogen) atoms. The molecular weight excluding hydrogens is 440 g/mol. The Morgan fingerprint density at radius 2 is 1.28 bits per heavy atom. The molecule has 0 unspecified atom stereocenters. The minimum atomic E-state index is -0.321. The van der Waals surface area contributed by atoms with Crippen LogP contribution in [-0.2, 0) is 12.8 Å². The predicted octanol–water partition coefficient (Wildman–Crippen LogP) is 9.54. The van der Waals surface area contributed by atoms with E-state index in [1.807, 2.05) is 54.6 Å². The molecule has 0 saturated carbocycles. The van der Waals surface area contributed by atoms with Crippen molar-refractivity contribution < 1.29 is 9.53 Å². The van der Waals surface area contributed by atoms with Gasteiger partial charge in [0.2, 0.25) is 0 Å². The van der Waals surface area contributed by atoms with Crippen molar-refractivity contribution in [3.05, 3.63) is 114 Å². The lowest BCUT2D eigenvalue weighted by atomic mass is 10.0. The van der Waals surface area contributed by atoms with E-state index < -0.39 is 0 Å². The number of rotatable bonds is 15. The summed E-state index contributed by atoms with van der Waals surface area (Å²) in [6, 6.07) is 24.2. The van der Waals surface area contributed by atoms with Gasteiger partial charge in [0.15, 0.2) is 0 Å². The van der Waals surface area contributed by atoms with Gasteiger partial charge in [0, 0.05) is 0 Å². The first-order valence-corrected chi connectivity index (χ1v) is 13.5. The van der Waals surface area contributed by atoms with Crippen LogP contribution in [0.1, 0.15) is 79.8 Å². The van der Waals surface area contributed by atoms with Gasteiger partial charge in [-0.25, -0.2) is 4.79 Å². The summed E-state index contributed by atoms with van der Waals surface area (Å²) in [4.78, 5) is 12.6. The summed E-state index contributed by atoms with van der Waals surface area (Å²) < 4.78 is 5.61. The molecule has 0 aliphatic rings. The highest BCUT2D eigenvalue weighted by atomic mass is 16.5. The van der Waals surface area contributed by atoms with E-state index >= 15 is 0 Å². The van der Waals surface area contributed by atoms with E-state index in [9.17, 15) is 4.79 Å². The number of hydrogen-bond acceptors (Lipinski definition) is 2. The van der Waals surface area contributed by atoms with E-state index in [0.29, 0.717) is 11.3 Å². The summed E-state index contributed by atoms with van der Waals surface area (Å²) in [6.45, 7) is 5.95. The maximum absolute atomic E-state index is 12.6. The summed E-state index contributed by atoms with van der Waals surface area (Å²) in [5, 5.41) is 0. The zero-order chi connectivity index (χ0) is 25.4. The zero-order valence-corrected chi connectivity index (χ0v) is 21.8. The van der Waals surface area contributed by atoms with Crippen molar-refractivity contribution in [3.63, 3.8) is 0 Å². The quantitative estimate of drug-likeness (QED) is 0.0936. The average molecular weight is 481 g/mol. The van der Waals surface area contributed by atoms with Crippen LogP contribution >= 0.6 is 0 Å². The number of aryl methyl sites for hydroxylation is 2. The Kier molecular flexibility index (Phi) is 11.8. The van der Waals surface area contributed by atoms with Gasteiger partial charge in [0.25, 0.3) is 0 Å². The molecule has 0 N–H and O–H groups in total. The summed E-state index contributed by atoms with van der Waals surface area (Å²) >= 11 is 0. The second-order valence-corrected chi connectivity index (χ2v) is 9.32. The third kappa shape index (κ3) is 9.34. The molecule has 3 aromatic carbocycles. The van der Waals surface area contributed by atoms with E-state index in [-0.39, 0.29) is 5.97 Å². The molecule has 0 aromatic heterocycles. The lowest BCUT2D eigenvalue weighted by Gasteiger charge is -2.08. The highest BCUT2D eigenvalue weighted by molar-refractivity contribution is 5.91. The maximum Gasteiger partial charge on any atom is 0.343 e. The lowest BCUT2D eigenvalue weighted by molar-refractivity contribution is 0.0735. The molecule has 0 heterocycles. The van der Waals surface area contributed by atoms with Crippen LogP contribution in [0.4, 0.5) is 0 Å². The van der Waals surface area contributed by atoms with Gasteiger partial charge in [-0.05, 0) is 97.9 Å². The number of hydrogen-bond donors (Lipinski definition) is 0. The smallest absolute Gasteiger partial charge is 0.343 e. The molecule has 0 aliphatic heterocycles. The monoisotopic (exact) mass is 480 g/mol. The molecule has 3 rings (SSSR count). The van der Waals surface area contributed by atoms with Crippen LogP contribution in [0.15, 0.2) is 97.6 Å². The number of allylic oxidation sites excluding steroid dienone is 3. The molecule has 2 nitrogen and oxygen atoms in total. The van der Waals surface area contributed by atoms with Crippen molar-refractivity contribution in [2.45, 2.75) is 71.1 Å². The van der Waals surface area contributed by atoms with Gasteiger partial charge in [-0.2, -0.15) is 0 Å².